The number of rotatable bonds is 2. The van der Waals surface area contributed by atoms with Crippen LogP contribution in [0.25, 0.3) is 0 Å². The Morgan fingerprint density at radius 3 is 2.67 bits per heavy atom. The molecule has 1 aliphatic carbocycles. The molecule has 2 unspecified atom stereocenters. The first-order chi connectivity index (χ1) is 8.58. The number of carbonyl (C=O) groups is 1. The van der Waals surface area contributed by atoms with Gasteiger partial charge in [0.1, 0.15) is 0 Å². The molecule has 0 spiro atoms. The first-order valence-electron chi connectivity index (χ1n) is 5.98. The van der Waals surface area contributed by atoms with E-state index in [2.05, 4.69) is 5.32 Å². The number of alkyl halides is 1. The third-order valence-corrected chi connectivity index (χ3v) is 4.26. The molecule has 2 nitrogen and oxygen atoms in total. The maximum absolute atomic E-state index is 12.1. The number of benzene rings is 1. The Hall–Kier alpha value is -0.440. The van der Waals surface area contributed by atoms with Gasteiger partial charge in [0, 0.05) is 11.1 Å². The van der Waals surface area contributed by atoms with Gasteiger partial charge in [0.25, 0.3) is 5.91 Å². The summed E-state index contributed by atoms with van der Waals surface area (Å²) < 4.78 is 0. The minimum Gasteiger partial charge on any atom is -0.348 e. The van der Waals surface area contributed by atoms with E-state index in [-0.39, 0.29) is 17.3 Å². The fourth-order valence-corrected chi connectivity index (χ4v) is 2.88. The lowest BCUT2D eigenvalue weighted by atomic mass is 9.94. The van der Waals surface area contributed by atoms with Crippen LogP contribution < -0.4 is 5.32 Å². The van der Waals surface area contributed by atoms with E-state index < -0.39 is 0 Å². The van der Waals surface area contributed by atoms with Crippen molar-refractivity contribution in [1.29, 1.82) is 0 Å². The summed E-state index contributed by atoms with van der Waals surface area (Å²) in [6, 6.07) is 4.87. The maximum Gasteiger partial charge on any atom is 0.253 e. The summed E-state index contributed by atoms with van der Waals surface area (Å²) in [5.74, 6) is -0.208. The van der Waals surface area contributed by atoms with Crippen LogP contribution in [0.3, 0.4) is 0 Å². The summed E-state index contributed by atoms with van der Waals surface area (Å²) in [4.78, 5) is 12.1. The van der Waals surface area contributed by atoms with E-state index in [1.165, 1.54) is 0 Å². The van der Waals surface area contributed by atoms with E-state index in [1.807, 2.05) is 0 Å². The van der Waals surface area contributed by atoms with Crippen molar-refractivity contribution in [3.63, 3.8) is 0 Å². The molecule has 0 heterocycles. The topological polar surface area (TPSA) is 29.1 Å². The number of hydrogen-bond donors (Lipinski definition) is 1. The van der Waals surface area contributed by atoms with Crippen molar-refractivity contribution in [2.24, 2.45) is 0 Å². The predicted molar refractivity (Wildman–Crippen MR) is 75.8 cm³/mol. The van der Waals surface area contributed by atoms with Crippen LogP contribution in [-0.4, -0.2) is 17.3 Å². The highest BCUT2D eigenvalue weighted by atomic mass is 35.5. The fourth-order valence-electron chi connectivity index (χ4n) is 2.17. The van der Waals surface area contributed by atoms with E-state index in [1.54, 1.807) is 18.2 Å². The molecule has 1 aliphatic rings. The molecule has 0 radical (unpaired) electrons. The molecule has 0 saturated heterocycles. The normalized spacial score (nSPS) is 23.7. The number of amides is 1. The van der Waals surface area contributed by atoms with Gasteiger partial charge in [0.15, 0.2) is 0 Å². The van der Waals surface area contributed by atoms with Gasteiger partial charge in [0.05, 0.1) is 16.0 Å². The summed E-state index contributed by atoms with van der Waals surface area (Å²) in [7, 11) is 0. The average Bonchev–Trinajstić information content (AvgIpc) is 2.35. The zero-order chi connectivity index (χ0) is 13.1. The smallest absolute Gasteiger partial charge is 0.253 e. The van der Waals surface area contributed by atoms with Gasteiger partial charge in [-0.2, -0.15) is 0 Å². The Morgan fingerprint density at radius 2 is 1.94 bits per heavy atom. The van der Waals surface area contributed by atoms with E-state index in [4.69, 9.17) is 34.8 Å². The number of nitrogens with one attached hydrogen (secondary N) is 1. The van der Waals surface area contributed by atoms with Gasteiger partial charge in [0.2, 0.25) is 0 Å². The van der Waals surface area contributed by atoms with Crippen molar-refractivity contribution in [2.45, 2.75) is 37.1 Å². The van der Waals surface area contributed by atoms with E-state index in [0.29, 0.717) is 15.6 Å². The van der Waals surface area contributed by atoms with Crippen molar-refractivity contribution in [3.8, 4) is 0 Å². The van der Waals surface area contributed by atoms with Crippen molar-refractivity contribution in [1.82, 2.24) is 5.32 Å². The highest BCUT2D eigenvalue weighted by Gasteiger charge is 2.25. The largest absolute Gasteiger partial charge is 0.348 e. The summed E-state index contributed by atoms with van der Waals surface area (Å²) in [5, 5.41) is 3.84. The quantitative estimate of drug-likeness (QED) is 0.812. The Balaban J connectivity index is 2.09. The monoisotopic (exact) mass is 305 g/mol. The molecule has 2 rings (SSSR count). The molecule has 98 valence electrons. The summed E-state index contributed by atoms with van der Waals surface area (Å²) in [6.45, 7) is 0. The van der Waals surface area contributed by atoms with Gasteiger partial charge < -0.3 is 5.32 Å². The third-order valence-electron chi connectivity index (χ3n) is 3.17. The lowest BCUT2D eigenvalue weighted by Gasteiger charge is -2.28. The van der Waals surface area contributed by atoms with Crippen LogP contribution in [0.4, 0.5) is 0 Å². The minimum absolute atomic E-state index is 0.000611. The second-order valence-electron chi connectivity index (χ2n) is 4.50. The zero-order valence-corrected chi connectivity index (χ0v) is 12.0. The van der Waals surface area contributed by atoms with E-state index in [9.17, 15) is 4.79 Å². The lowest BCUT2D eigenvalue weighted by Crippen LogP contribution is -2.42. The van der Waals surface area contributed by atoms with Gasteiger partial charge in [-0.15, -0.1) is 11.6 Å². The molecule has 1 N–H and O–H groups in total. The predicted octanol–water partition coefficient (Wildman–Crippen LogP) is 4.27. The van der Waals surface area contributed by atoms with Crippen LogP contribution in [-0.2, 0) is 0 Å². The molecule has 1 aromatic carbocycles. The third kappa shape index (κ3) is 3.31. The Bertz CT molecular complexity index is 450. The first-order valence-corrected chi connectivity index (χ1v) is 7.17. The van der Waals surface area contributed by atoms with Crippen LogP contribution in [0.15, 0.2) is 18.2 Å². The van der Waals surface area contributed by atoms with Gasteiger partial charge in [-0.1, -0.05) is 36.0 Å². The standard InChI is InChI=1S/C13H14Cl3NO/c14-8-5-6-10(15)9(7-8)13(18)17-12-4-2-1-3-11(12)16/h5-7,11-12H,1-4H2,(H,17,18). The Morgan fingerprint density at radius 1 is 1.22 bits per heavy atom. The van der Waals surface area contributed by atoms with Crippen molar-refractivity contribution < 1.29 is 4.79 Å². The molecular formula is C13H14Cl3NO. The van der Waals surface area contributed by atoms with E-state index in [0.717, 1.165) is 25.7 Å². The molecule has 1 saturated carbocycles. The SMILES string of the molecule is O=C(NC1CCCCC1Cl)c1cc(Cl)ccc1Cl. The van der Waals surface area contributed by atoms with Crippen molar-refractivity contribution in [2.75, 3.05) is 0 Å². The van der Waals surface area contributed by atoms with Crippen LogP contribution in [0.1, 0.15) is 36.0 Å². The second kappa shape index (κ2) is 6.14. The summed E-state index contributed by atoms with van der Waals surface area (Å²) in [6.07, 6.45) is 4.07. The maximum atomic E-state index is 12.1. The van der Waals surface area contributed by atoms with Crippen LogP contribution in [0.2, 0.25) is 10.0 Å². The van der Waals surface area contributed by atoms with Crippen LogP contribution >= 0.6 is 34.8 Å². The molecule has 1 aromatic rings. The van der Waals surface area contributed by atoms with Crippen LogP contribution in [0.5, 0.6) is 0 Å². The molecule has 0 aliphatic heterocycles. The highest BCUT2D eigenvalue weighted by molar-refractivity contribution is 6.35. The minimum atomic E-state index is -0.208. The zero-order valence-electron chi connectivity index (χ0n) is 9.76. The molecule has 2 atom stereocenters. The molecule has 5 heteroatoms. The van der Waals surface area contributed by atoms with Crippen molar-refractivity contribution >= 4 is 40.7 Å². The highest BCUT2D eigenvalue weighted by Crippen LogP contribution is 2.25. The lowest BCUT2D eigenvalue weighted by molar-refractivity contribution is 0.0929. The molecule has 0 bridgehead atoms. The molecule has 1 amide bonds. The van der Waals surface area contributed by atoms with Gasteiger partial charge >= 0.3 is 0 Å². The fraction of sp³-hybridized carbons (Fsp3) is 0.462. The average molecular weight is 307 g/mol. The van der Waals surface area contributed by atoms with Gasteiger partial charge in [-0.25, -0.2) is 0 Å². The van der Waals surface area contributed by atoms with Gasteiger partial charge in [-0.05, 0) is 31.0 Å². The number of halogens is 3. The second-order valence-corrected chi connectivity index (χ2v) is 5.91. The first kappa shape index (κ1) is 14.0. The Kier molecular flexibility index (Phi) is 4.77. The molecular weight excluding hydrogens is 293 g/mol. The number of carbonyl (C=O) groups excluding carboxylic acids is 1. The summed E-state index contributed by atoms with van der Waals surface area (Å²) >= 11 is 18.1. The molecule has 0 aromatic heterocycles. The Labute approximate surface area is 122 Å². The molecule has 1 fully saturated rings. The van der Waals surface area contributed by atoms with Crippen LogP contribution in [0, 0.1) is 0 Å². The molecule has 18 heavy (non-hydrogen) atoms. The van der Waals surface area contributed by atoms with Crippen molar-refractivity contribution in [3.05, 3.63) is 33.8 Å². The number of hydrogen-bond acceptors (Lipinski definition) is 1. The van der Waals surface area contributed by atoms with E-state index >= 15 is 0 Å². The van der Waals surface area contributed by atoms with Gasteiger partial charge in [-0.3, -0.25) is 4.79 Å². The summed E-state index contributed by atoms with van der Waals surface area (Å²) in [5.41, 5.74) is 0.401.